The second-order valence-electron chi connectivity index (χ2n) is 13.6. The number of aromatic nitrogens is 4. The Morgan fingerprint density at radius 3 is 2.45 bits per heavy atom. The average Bonchev–Trinajstić information content (AvgIpc) is 3.66. The lowest BCUT2D eigenvalue weighted by Crippen LogP contribution is -2.60. The molecule has 4 fully saturated rings. The van der Waals surface area contributed by atoms with Crippen LogP contribution in [0.15, 0.2) is 24.8 Å². The number of ether oxygens (including phenoxy) is 3. The summed E-state index contributed by atoms with van der Waals surface area (Å²) in [5.41, 5.74) is -1.41. The summed E-state index contributed by atoms with van der Waals surface area (Å²) in [7, 11) is 0. The van der Waals surface area contributed by atoms with E-state index in [1.54, 1.807) is 28.2 Å². The van der Waals surface area contributed by atoms with Gasteiger partial charge in [0.15, 0.2) is 11.6 Å². The fourth-order valence-corrected chi connectivity index (χ4v) is 7.52. The van der Waals surface area contributed by atoms with Gasteiger partial charge in [-0.3, -0.25) is 14.2 Å². The normalized spacial score (nSPS) is 27.5. The van der Waals surface area contributed by atoms with E-state index < -0.39 is 22.7 Å². The van der Waals surface area contributed by atoms with Gasteiger partial charge in [-0.2, -0.15) is 0 Å². The number of amides is 1. The standard InChI is InChI=1S/C32H44N6O6/c1-22-20-36(29(41)44-30(2,3)4)14-8-15-38(22)25-19-24(37-16-13-33-21-37)34-28(35-25)26(39)23-9-7-11-31(27(23)40)10-5-6-12-32(31)42-17-18-43-32/h13,16,19,21-23H,5-12,14-15,17-18,20H2,1-4H3/t22?,23?,31-/m0/s1. The molecular weight excluding hydrogens is 564 g/mol. The number of hydrogen-bond donors (Lipinski definition) is 0. The Morgan fingerprint density at radius 2 is 1.73 bits per heavy atom. The van der Waals surface area contributed by atoms with Gasteiger partial charge >= 0.3 is 6.09 Å². The van der Waals surface area contributed by atoms with Crippen LogP contribution in [0.25, 0.3) is 5.82 Å². The van der Waals surface area contributed by atoms with Gasteiger partial charge in [-0.1, -0.05) is 12.8 Å². The molecule has 4 heterocycles. The van der Waals surface area contributed by atoms with Gasteiger partial charge in [-0.15, -0.1) is 0 Å². The molecule has 0 aromatic carbocycles. The Hall–Kier alpha value is -3.38. The Bertz CT molecular complexity index is 1380. The van der Waals surface area contributed by atoms with Gasteiger partial charge in [0.25, 0.3) is 0 Å². The minimum absolute atomic E-state index is 0.0140. The predicted octanol–water partition coefficient (Wildman–Crippen LogP) is 4.35. The van der Waals surface area contributed by atoms with E-state index in [4.69, 9.17) is 19.2 Å². The van der Waals surface area contributed by atoms with E-state index in [0.29, 0.717) is 76.6 Å². The van der Waals surface area contributed by atoms with Crippen LogP contribution in [0.1, 0.15) is 89.7 Å². The smallest absolute Gasteiger partial charge is 0.410 e. The molecule has 12 nitrogen and oxygen atoms in total. The lowest BCUT2D eigenvalue weighted by molar-refractivity contribution is -0.255. The molecule has 2 unspecified atom stereocenters. The van der Waals surface area contributed by atoms with Crippen molar-refractivity contribution in [3.63, 3.8) is 0 Å². The summed E-state index contributed by atoms with van der Waals surface area (Å²) in [4.78, 5) is 59.0. The third kappa shape index (κ3) is 5.62. The zero-order valence-electron chi connectivity index (χ0n) is 26.3. The number of nitrogens with zero attached hydrogens (tertiary/aromatic N) is 6. The number of carbonyl (C=O) groups is 3. The molecule has 4 aliphatic rings. The van der Waals surface area contributed by atoms with E-state index in [2.05, 4.69) is 14.9 Å². The summed E-state index contributed by atoms with van der Waals surface area (Å²) in [6.45, 7) is 10.1. The highest BCUT2D eigenvalue weighted by atomic mass is 16.7. The van der Waals surface area contributed by atoms with Gasteiger partial charge in [-0.05, 0) is 59.8 Å². The maximum atomic E-state index is 14.4. The van der Waals surface area contributed by atoms with E-state index in [1.165, 1.54) is 0 Å². The maximum Gasteiger partial charge on any atom is 0.410 e. The van der Waals surface area contributed by atoms with Crippen LogP contribution in [0.3, 0.4) is 0 Å². The van der Waals surface area contributed by atoms with E-state index in [1.807, 2.05) is 33.8 Å². The third-order valence-electron chi connectivity index (χ3n) is 9.52. The van der Waals surface area contributed by atoms with Crippen molar-refractivity contribution >= 4 is 23.5 Å². The molecule has 2 saturated heterocycles. The fraction of sp³-hybridized carbons (Fsp3) is 0.688. The molecule has 6 rings (SSSR count). The largest absolute Gasteiger partial charge is 0.444 e. The van der Waals surface area contributed by atoms with Crippen molar-refractivity contribution in [2.24, 2.45) is 11.3 Å². The molecule has 2 spiro atoms. The molecule has 3 atom stereocenters. The van der Waals surface area contributed by atoms with Crippen LogP contribution < -0.4 is 4.90 Å². The lowest BCUT2D eigenvalue weighted by Gasteiger charge is -2.51. The first-order valence-electron chi connectivity index (χ1n) is 16.0. The summed E-state index contributed by atoms with van der Waals surface area (Å²) in [5.74, 6) is -1.18. The monoisotopic (exact) mass is 608 g/mol. The molecule has 2 aliphatic carbocycles. The molecule has 2 aliphatic heterocycles. The first-order valence-corrected chi connectivity index (χ1v) is 16.0. The number of imidazole rings is 1. The Kier molecular flexibility index (Phi) is 8.25. The predicted molar refractivity (Wildman–Crippen MR) is 161 cm³/mol. The first-order chi connectivity index (χ1) is 21.0. The number of rotatable bonds is 4. The highest BCUT2D eigenvalue weighted by molar-refractivity contribution is 6.11. The highest BCUT2D eigenvalue weighted by Gasteiger charge is 2.63. The molecular formula is C32H44N6O6. The van der Waals surface area contributed by atoms with Crippen molar-refractivity contribution in [3.05, 3.63) is 30.6 Å². The van der Waals surface area contributed by atoms with Crippen LogP contribution in [0.4, 0.5) is 10.6 Å². The van der Waals surface area contributed by atoms with Crippen molar-refractivity contribution in [2.45, 2.75) is 96.5 Å². The molecule has 0 N–H and O–H groups in total. The van der Waals surface area contributed by atoms with Crippen LogP contribution in [0.2, 0.25) is 0 Å². The number of hydrogen-bond acceptors (Lipinski definition) is 10. The number of carbonyl (C=O) groups excluding carboxylic acids is 3. The number of Topliss-reactive ketones (excluding diaryl/α,β-unsaturated/α-hetero) is 2. The van der Waals surface area contributed by atoms with Gasteiger partial charge in [0.1, 0.15) is 23.6 Å². The molecule has 1 amide bonds. The van der Waals surface area contributed by atoms with Crippen LogP contribution in [0, 0.1) is 11.3 Å². The SMILES string of the molecule is CC1CN(C(=O)OC(C)(C)C)CCCN1c1cc(-n2ccnc2)nc(C(=O)C2CCC[C@@]3(CCCCC34OCCO4)C2=O)n1. The van der Waals surface area contributed by atoms with Crippen molar-refractivity contribution in [2.75, 3.05) is 37.7 Å². The Morgan fingerprint density at radius 1 is 1.00 bits per heavy atom. The molecule has 2 aromatic rings. The van der Waals surface area contributed by atoms with Crippen molar-refractivity contribution in [1.29, 1.82) is 0 Å². The molecule has 12 heteroatoms. The maximum absolute atomic E-state index is 14.4. The average molecular weight is 609 g/mol. The minimum atomic E-state index is -0.937. The van der Waals surface area contributed by atoms with Gasteiger partial charge in [-0.25, -0.2) is 19.7 Å². The molecule has 2 aromatic heterocycles. The van der Waals surface area contributed by atoms with Crippen LogP contribution >= 0.6 is 0 Å². The zero-order valence-corrected chi connectivity index (χ0v) is 26.3. The summed E-state index contributed by atoms with van der Waals surface area (Å²) in [5, 5.41) is 0. The highest BCUT2D eigenvalue weighted by Crippen LogP contribution is 2.56. The second kappa shape index (κ2) is 11.8. The summed E-state index contributed by atoms with van der Waals surface area (Å²) >= 11 is 0. The van der Waals surface area contributed by atoms with E-state index >= 15 is 0 Å². The van der Waals surface area contributed by atoms with Crippen LogP contribution in [-0.2, 0) is 19.0 Å². The van der Waals surface area contributed by atoms with Gasteiger partial charge in [0.05, 0.1) is 24.5 Å². The van der Waals surface area contributed by atoms with Gasteiger partial charge < -0.3 is 24.0 Å². The van der Waals surface area contributed by atoms with Crippen molar-refractivity contribution in [1.82, 2.24) is 24.4 Å². The van der Waals surface area contributed by atoms with Crippen LogP contribution in [0.5, 0.6) is 0 Å². The molecule has 0 radical (unpaired) electrons. The summed E-state index contributed by atoms with van der Waals surface area (Å²) in [6, 6.07) is 1.72. The minimum Gasteiger partial charge on any atom is -0.444 e. The number of ketones is 2. The van der Waals surface area contributed by atoms with Crippen molar-refractivity contribution in [3.8, 4) is 5.82 Å². The molecule has 0 bridgehead atoms. The van der Waals surface area contributed by atoms with Crippen LogP contribution in [-0.4, -0.2) is 92.4 Å². The first kappa shape index (κ1) is 30.6. The molecule has 44 heavy (non-hydrogen) atoms. The van der Waals surface area contributed by atoms with E-state index in [-0.39, 0.29) is 29.5 Å². The third-order valence-corrected chi connectivity index (χ3v) is 9.52. The zero-order chi connectivity index (χ0) is 31.1. The van der Waals surface area contributed by atoms with Gasteiger partial charge in [0, 0.05) is 50.6 Å². The van der Waals surface area contributed by atoms with E-state index in [9.17, 15) is 14.4 Å². The number of anilines is 1. The van der Waals surface area contributed by atoms with Gasteiger partial charge in [0.2, 0.25) is 11.6 Å². The fourth-order valence-electron chi connectivity index (χ4n) is 7.52. The molecule has 238 valence electrons. The quantitative estimate of drug-likeness (QED) is 0.365. The summed E-state index contributed by atoms with van der Waals surface area (Å²) in [6.07, 6.45) is 10.4. The van der Waals surface area contributed by atoms with E-state index in [0.717, 1.165) is 19.3 Å². The second-order valence-corrected chi connectivity index (χ2v) is 13.6. The lowest BCUT2D eigenvalue weighted by atomic mass is 9.57. The summed E-state index contributed by atoms with van der Waals surface area (Å²) < 4.78 is 19.7. The number of fused-ring (bicyclic) bond motifs is 1. The van der Waals surface area contributed by atoms with Crippen molar-refractivity contribution < 1.29 is 28.6 Å². The Labute approximate surface area is 258 Å². The molecule has 2 saturated carbocycles. The topological polar surface area (TPSA) is 129 Å². The Balaban J connectivity index is 1.31.